The molecule has 2 aromatic rings. The summed E-state index contributed by atoms with van der Waals surface area (Å²) in [5, 5.41) is 12.5. The van der Waals surface area contributed by atoms with Gasteiger partial charge in [-0.1, -0.05) is 81.4 Å². The Kier molecular flexibility index (Phi) is 10.1. The molecule has 2 aromatic carbocycles. The number of likely N-dealkylation sites (tertiary alicyclic amines) is 1. The molecule has 198 valence electrons. The van der Waals surface area contributed by atoms with E-state index < -0.39 is 20.5 Å². The van der Waals surface area contributed by atoms with Crippen LogP contribution in [-0.4, -0.2) is 76.8 Å². The molecule has 1 fully saturated rings. The van der Waals surface area contributed by atoms with E-state index in [-0.39, 0.29) is 30.6 Å². The summed E-state index contributed by atoms with van der Waals surface area (Å²) in [6.07, 6.45) is 1.29. The van der Waals surface area contributed by atoms with Crippen molar-refractivity contribution in [2.75, 3.05) is 34.2 Å². The summed E-state index contributed by atoms with van der Waals surface area (Å²) in [7, 11) is 0.250. The highest BCUT2D eigenvalue weighted by atomic mass is 28.4. The molecule has 0 aromatic heterocycles. The molecular formula is C28H41NO6Si. The van der Waals surface area contributed by atoms with Gasteiger partial charge < -0.3 is 23.7 Å². The average Bonchev–Trinajstić information content (AvgIpc) is 2.89. The number of aliphatic hydroxyl groups excluding tert-OH is 1. The van der Waals surface area contributed by atoms with Gasteiger partial charge in [0.25, 0.3) is 8.32 Å². The Bertz CT molecular complexity index is 897. The van der Waals surface area contributed by atoms with E-state index in [9.17, 15) is 9.90 Å². The topological polar surface area (TPSA) is 77.5 Å². The van der Waals surface area contributed by atoms with E-state index in [4.69, 9.17) is 18.6 Å². The minimum Gasteiger partial charge on any atom is -0.453 e. The maximum atomic E-state index is 12.8. The maximum Gasteiger partial charge on any atom is 0.410 e. The second-order valence-corrected chi connectivity index (χ2v) is 14.6. The Labute approximate surface area is 216 Å². The Balaban J connectivity index is 1.88. The zero-order valence-corrected chi connectivity index (χ0v) is 23.2. The third-order valence-corrected chi connectivity index (χ3v) is 12.2. The zero-order chi connectivity index (χ0) is 26.2. The van der Waals surface area contributed by atoms with Gasteiger partial charge in [0.15, 0.2) is 0 Å². The molecular weight excluding hydrogens is 474 g/mol. The first kappa shape index (κ1) is 28.3. The van der Waals surface area contributed by atoms with Crippen LogP contribution < -0.4 is 10.4 Å². The third kappa shape index (κ3) is 6.00. The number of hydrogen-bond donors (Lipinski definition) is 1. The molecule has 1 aliphatic rings. The van der Waals surface area contributed by atoms with Crippen molar-refractivity contribution in [1.29, 1.82) is 0 Å². The molecule has 0 spiro atoms. The lowest BCUT2D eigenvalue weighted by atomic mass is 9.92. The average molecular weight is 516 g/mol. The Hall–Kier alpha value is -2.23. The van der Waals surface area contributed by atoms with E-state index in [0.29, 0.717) is 19.4 Å². The normalized spacial score (nSPS) is 20.8. The summed E-state index contributed by atoms with van der Waals surface area (Å²) in [5.41, 5.74) is 0. The van der Waals surface area contributed by atoms with Crippen molar-refractivity contribution >= 4 is 24.8 Å². The lowest BCUT2D eigenvalue weighted by Gasteiger charge is -2.46. The highest BCUT2D eigenvalue weighted by Crippen LogP contribution is 2.37. The molecule has 1 aliphatic heterocycles. The molecule has 0 bridgehead atoms. The molecule has 1 amide bonds. The summed E-state index contributed by atoms with van der Waals surface area (Å²) in [5.74, 6) is 0. The smallest absolute Gasteiger partial charge is 0.410 e. The van der Waals surface area contributed by atoms with E-state index in [2.05, 4.69) is 69.3 Å². The summed E-state index contributed by atoms with van der Waals surface area (Å²) >= 11 is 0. The van der Waals surface area contributed by atoms with Crippen molar-refractivity contribution in [3.05, 3.63) is 60.7 Å². The van der Waals surface area contributed by atoms with Crippen LogP contribution in [0.25, 0.3) is 0 Å². The number of amides is 1. The highest BCUT2D eigenvalue weighted by molar-refractivity contribution is 6.99. The summed E-state index contributed by atoms with van der Waals surface area (Å²) in [6.45, 7) is 7.13. The molecule has 1 N–H and O–H groups in total. The third-order valence-electron chi connectivity index (χ3n) is 7.12. The number of piperidine rings is 1. The minimum absolute atomic E-state index is 0.109. The SMILES string of the molecule is COCO[C@H]1CC[C@@H](CCO[Si](c2ccccc2)(c2ccccc2)C(C)(C)C)N(C(=O)OC)[C@H]1CO. The minimum atomic E-state index is -2.67. The van der Waals surface area contributed by atoms with E-state index in [1.165, 1.54) is 17.5 Å². The number of carbonyl (C=O) groups excluding carboxylic acids is 1. The molecule has 3 rings (SSSR count). The highest BCUT2D eigenvalue weighted by Gasteiger charge is 2.50. The number of aliphatic hydroxyl groups is 1. The first-order chi connectivity index (χ1) is 17.3. The summed E-state index contributed by atoms with van der Waals surface area (Å²) in [6, 6.07) is 20.4. The molecule has 0 radical (unpaired) electrons. The van der Waals surface area contributed by atoms with Crippen molar-refractivity contribution in [1.82, 2.24) is 4.90 Å². The first-order valence-corrected chi connectivity index (χ1v) is 14.5. The molecule has 0 aliphatic carbocycles. The van der Waals surface area contributed by atoms with E-state index in [1.807, 2.05) is 12.1 Å². The van der Waals surface area contributed by atoms with E-state index >= 15 is 0 Å². The fourth-order valence-corrected chi connectivity index (χ4v) is 10.1. The molecule has 0 saturated carbocycles. The fraction of sp³-hybridized carbons (Fsp3) is 0.536. The van der Waals surface area contributed by atoms with Gasteiger partial charge >= 0.3 is 6.09 Å². The molecule has 0 unspecified atom stereocenters. The van der Waals surface area contributed by atoms with Gasteiger partial charge in [0.2, 0.25) is 0 Å². The molecule has 1 saturated heterocycles. The van der Waals surface area contributed by atoms with Crippen LogP contribution in [-0.2, 0) is 18.6 Å². The van der Waals surface area contributed by atoms with Crippen LogP contribution in [0.3, 0.4) is 0 Å². The van der Waals surface area contributed by atoms with Crippen LogP contribution in [0, 0.1) is 0 Å². The van der Waals surface area contributed by atoms with Crippen molar-refractivity contribution in [2.45, 2.75) is 63.3 Å². The second kappa shape index (κ2) is 12.8. The zero-order valence-electron chi connectivity index (χ0n) is 22.2. The lowest BCUT2D eigenvalue weighted by Crippen LogP contribution is -2.67. The Morgan fingerprint density at radius 2 is 1.58 bits per heavy atom. The molecule has 3 atom stereocenters. The van der Waals surface area contributed by atoms with Crippen LogP contribution in [0.5, 0.6) is 0 Å². The van der Waals surface area contributed by atoms with Gasteiger partial charge in [-0.2, -0.15) is 0 Å². The fourth-order valence-electron chi connectivity index (χ4n) is 5.48. The monoisotopic (exact) mass is 515 g/mol. The lowest BCUT2D eigenvalue weighted by molar-refractivity contribution is -0.127. The van der Waals surface area contributed by atoms with Crippen molar-refractivity contribution in [3.8, 4) is 0 Å². The van der Waals surface area contributed by atoms with Crippen molar-refractivity contribution < 1.29 is 28.5 Å². The number of nitrogens with zero attached hydrogens (tertiary/aromatic N) is 1. The van der Waals surface area contributed by atoms with Crippen LogP contribution in [0.2, 0.25) is 5.04 Å². The van der Waals surface area contributed by atoms with Crippen LogP contribution in [0.15, 0.2) is 60.7 Å². The predicted octanol–water partition coefficient (Wildman–Crippen LogP) is 3.53. The predicted molar refractivity (Wildman–Crippen MR) is 143 cm³/mol. The van der Waals surface area contributed by atoms with Gasteiger partial charge in [-0.05, 0) is 34.7 Å². The summed E-state index contributed by atoms with van der Waals surface area (Å²) < 4.78 is 23.0. The maximum absolute atomic E-state index is 12.8. The molecule has 8 heteroatoms. The van der Waals surface area contributed by atoms with Gasteiger partial charge in [0.05, 0.1) is 25.9 Å². The number of methoxy groups -OCH3 is 2. The van der Waals surface area contributed by atoms with Gasteiger partial charge in [0, 0.05) is 19.8 Å². The quantitative estimate of drug-likeness (QED) is 0.385. The van der Waals surface area contributed by atoms with Gasteiger partial charge in [-0.3, -0.25) is 4.90 Å². The van der Waals surface area contributed by atoms with Crippen LogP contribution in [0.4, 0.5) is 4.79 Å². The molecule has 7 nitrogen and oxygen atoms in total. The summed E-state index contributed by atoms with van der Waals surface area (Å²) in [4.78, 5) is 14.4. The van der Waals surface area contributed by atoms with Gasteiger partial charge in [0.1, 0.15) is 6.79 Å². The van der Waals surface area contributed by atoms with E-state index in [1.54, 1.807) is 12.0 Å². The number of rotatable bonds is 10. The van der Waals surface area contributed by atoms with Gasteiger partial charge in [-0.25, -0.2) is 4.79 Å². The van der Waals surface area contributed by atoms with Crippen molar-refractivity contribution in [2.24, 2.45) is 0 Å². The second-order valence-electron chi connectivity index (χ2n) is 10.3. The van der Waals surface area contributed by atoms with Crippen molar-refractivity contribution in [3.63, 3.8) is 0 Å². The Morgan fingerprint density at radius 3 is 2.06 bits per heavy atom. The number of carbonyl (C=O) groups is 1. The molecule has 1 heterocycles. The number of ether oxygens (including phenoxy) is 3. The largest absolute Gasteiger partial charge is 0.453 e. The van der Waals surface area contributed by atoms with Gasteiger partial charge in [-0.15, -0.1) is 0 Å². The van der Waals surface area contributed by atoms with E-state index in [0.717, 1.165) is 6.42 Å². The standard InChI is InChI=1S/C28H41NO6Si/c1-28(2,3)36(23-12-8-6-9-13-23,24-14-10-7-11-15-24)35-19-18-22-16-17-26(34-21-32-4)25(20-30)29(22)27(31)33-5/h6-15,22,25-26,30H,16-21H2,1-5H3/t22-,25-,26-/m0/s1. The number of hydrogen-bond acceptors (Lipinski definition) is 6. The first-order valence-electron chi connectivity index (χ1n) is 12.6. The number of benzene rings is 2. The molecule has 36 heavy (non-hydrogen) atoms. The van der Waals surface area contributed by atoms with Crippen LogP contribution >= 0.6 is 0 Å². The Morgan fingerprint density at radius 1 is 1.00 bits per heavy atom. The van der Waals surface area contributed by atoms with Crippen LogP contribution in [0.1, 0.15) is 40.0 Å².